The Kier molecular flexibility index (Phi) is 5.01. The molecule has 0 aromatic heterocycles. The van der Waals surface area contributed by atoms with Gasteiger partial charge in [-0.2, -0.15) is 0 Å². The molecule has 1 heterocycles. The van der Waals surface area contributed by atoms with Crippen LogP contribution in [0.2, 0.25) is 0 Å². The number of alkyl halides is 1. The van der Waals surface area contributed by atoms with Crippen molar-refractivity contribution in [1.29, 1.82) is 0 Å². The van der Waals surface area contributed by atoms with Crippen LogP contribution in [-0.4, -0.2) is 35.8 Å². The summed E-state index contributed by atoms with van der Waals surface area (Å²) in [6.07, 6.45) is 0. The third kappa shape index (κ3) is 3.94. The lowest BCUT2D eigenvalue weighted by Gasteiger charge is -2.32. The van der Waals surface area contributed by atoms with Crippen molar-refractivity contribution in [2.75, 3.05) is 5.75 Å². The van der Waals surface area contributed by atoms with E-state index in [-0.39, 0.29) is 5.75 Å². The molecule has 1 aliphatic rings. The third-order valence-electron chi connectivity index (χ3n) is 4.60. The Morgan fingerprint density at radius 2 is 1.52 bits per heavy atom. The highest BCUT2D eigenvalue weighted by Gasteiger charge is 2.58. The average molecular weight is 450 g/mol. The molecule has 1 aliphatic heterocycles. The van der Waals surface area contributed by atoms with E-state index in [1.54, 1.807) is 12.1 Å². The highest BCUT2D eigenvalue weighted by atomic mass is 127. The number of aryl methyl sites for hydroxylation is 1. The Labute approximate surface area is 153 Å². The molecule has 0 spiro atoms. The summed E-state index contributed by atoms with van der Waals surface area (Å²) in [6.45, 7) is 11.7. The van der Waals surface area contributed by atoms with E-state index in [4.69, 9.17) is 9.31 Å². The summed E-state index contributed by atoms with van der Waals surface area (Å²) in [6, 6.07) is 6.93. The van der Waals surface area contributed by atoms with E-state index in [1.807, 2.05) is 53.7 Å². The van der Waals surface area contributed by atoms with Gasteiger partial charge in [-0.15, -0.1) is 0 Å². The van der Waals surface area contributed by atoms with Gasteiger partial charge in [-0.3, -0.25) is 0 Å². The van der Waals surface area contributed by atoms with Gasteiger partial charge in [0.15, 0.2) is 9.84 Å². The number of halogens is 1. The van der Waals surface area contributed by atoms with Crippen molar-refractivity contribution in [1.82, 2.24) is 0 Å². The van der Waals surface area contributed by atoms with Crippen LogP contribution in [0.4, 0.5) is 0 Å². The lowest BCUT2D eigenvalue weighted by atomic mass is 9.74. The first-order chi connectivity index (χ1) is 10.3. The van der Waals surface area contributed by atoms with Crippen LogP contribution in [0, 0.1) is 6.92 Å². The highest BCUT2D eigenvalue weighted by molar-refractivity contribution is 14.1. The summed E-state index contributed by atoms with van der Waals surface area (Å²) in [5.74, 6) is -0.0412. The first-order valence-corrected chi connectivity index (χ1v) is 10.3. The number of benzene rings is 1. The van der Waals surface area contributed by atoms with Gasteiger partial charge in [-0.1, -0.05) is 47.2 Å². The summed E-state index contributed by atoms with van der Waals surface area (Å²) in [4.78, 5) is 0.336. The van der Waals surface area contributed by atoms with E-state index in [0.717, 1.165) is 5.56 Å². The van der Waals surface area contributed by atoms with Crippen LogP contribution < -0.4 is 0 Å². The van der Waals surface area contributed by atoms with E-state index >= 15 is 0 Å². The molecule has 0 amide bonds. The van der Waals surface area contributed by atoms with Crippen LogP contribution in [0.5, 0.6) is 0 Å². The zero-order chi connectivity index (χ0) is 17.7. The fourth-order valence-electron chi connectivity index (χ4n) is 2.36. The van der Waals surface area contributed by atoms with Crippen molar-refractivity contribution in [2.45, 2.75) is 61.0 Å². The maximum absolute atomic E-state index is 12.7. The van der Waals surface area contributed by atoms with Crippen molar-refractivity contribution in [3.8, 4) is 0 Å². The second-order valence-corrected chi connectivity index (χ2v) is 11.9. The molecule has 1 saturated heterocycles. The van der Waals surface area contributed by atoms with Gasteiger partial charge in [0.2, 0.25) is 0 Å². The second kappa shape index (κ2) is 6.00. The van der Waals surface area contributed by atoms with Gasteiger partial charge in [-0.25, -0.2) is 8.42 Å². The van der Waals surface area contributed by atoms with Gasteiger partial charge >= 0.3 is 7.12 Å². The van der Waals surface area contributed by atoms with E-state index in [2.05, 4.69) is 22.6 Å². The fraction of sp³-hybridized carbons (Fsp3) is 0.625. The lowest BCUT2D eigenvalue weighted by molar-refractivity contribution is 0.00578. The number of sulfone groups is 1. The largest absolute Gasteiger partial charge is 0.475 e. The van der Waals surface area contributed by atoms with Gasteiger partial charge in [0.1, 0.15) is 0 Å². The van der Waals surface area contributed by atoms with Crippen molar-refractivity contribution < 1.29 is 17.7 Å². The minimum Gasteiger partial charge on any atom is -0.402 e. The van der Waals surface area contributed by atoms with Crippen molar-refractivity contribution in [2.24, 2.45) is 0 Å². The summed E-state index contributed by atoms with van der Waals surface area (Å²) in [7, 11) is -3.99. The van der Waals surface area contributed by atoms with Gasteiger partial charge in [0, 0.05) is 0 Å². The molecule has 2 rings (SSSR count). The second-order valence-electron chi connectivity index (χ2n) is 7.44. The Bertz CT molecular complexity index is 665. The Hall–Kier alpha value is -0.115. The minimum atomic E-state index is -3.41. The first kappa shape index (κ1) is 19.2. The van der Waals surface area contributed by atoms with E-state index in [9.17, 15) is 8.42 Å². The fourth-order valence-corrected chi connectivity index (χ4v) is 5.44. The molecule has 1 fully saturated rings. The van der Waals surface area contributed by atoms with Gasteiger partial charge in [-0.05, 0) is 46.8 Å². The highest BCUT2D eigenvalue weighted by Crippen LogP contribution is 2.42. The molecule has 1 atom stereocenters. The van der Waals surface area contributed by atoms with Gasteiger partial charge in [0.05, 0.1) is 25.2 Å². The number of hydrogen-bond acceptors (Lipinski definition) is 4. The zero-order valence-corrected chi connectivity index (χ0v) is 17.5. The minimum absolute atomic E-state index is 0.0412. The SMILES string of the molecule is Cc1ccc(S(=O)(=O)CC(C)(I)B2OC(C)(C)C(C)(C)O2)cc1. The average Bonchev–Trinajstić information content (AvgIpc) is 2.58. The summed E-state index contributed by atoms with van der Waals surface area (Å²) in [5, 5.41) is 0. The standard InChI is InChI=1S/C16H24BIO4S/c1-12-7-9-13(10-8-12)23(19,20)11-16(6,18)17-21-14(2,3)15(4,5)22-17/h7-10H,11H2,1-6H3. The molecule has 0 bridgehead atoms. The number of hydrogen-bond donors (Lipinski definition) is 0. The molecule has 7 heteroatoms. The normalized spacial score (nSPS) is 22.8. The molecule has 128 valence electrons. The zero-order valence-electron chi connectivity index (χ0n) is 14.5. The maximum atomic E-state index is 12.7. The number of rotatable bonds is 4. The molecule has 0 radical (unpaired) electrons. The van der Waals surface area contributed by atoms with Crippen LogP contribution in [0.25, 0.3) is 0 Å². The lowest BCUT2D eigenvalue weighted by Crippen LogP contribution is -2.45. The molecule has 1 aromatic rings. The topological polar surface area (TPSA) is 52.6 Å². The predicted octanol–water partition coefficient (Wildman–Crippen LogP) is 3.59. The molecule has 4 nitrogen and oxygen atoms in total. The Morgan fingerprint density at radius 3 is 1.96 bits per heavy atom. The van der Waals surface area contributed by atoms with Crippen LogP contribution in [0.1, 0.15) is 40.2 Å². The summed E-state index contributed by atoms with van der Waals surface area (Å²) < 4.78 is 36.8. The van der Waals surface area contributed by atoms with Crippen molar-refractivity contribution in [3.63, 3.8) is 0 Å². The summed E-state index contributed by atoms with van der Waals surface area (Å²) >= 11 is 2.14. The third-order valence-corrected chi connectivity index (χ3v) is 7.97. The van der Waals surface area contributed by atoms with Crippen LogP contribution in [0.3, 0.4) is 0 Å². The monoisotopic (exact) mass is 450 g/mol. The molecule has 0 saturated carbocycles. The van der Waals surface area contributed by atoms with Crippen molar-refractivity contribution in [3.05, 3.63) is 29.8 Å². The Balaban J connectivity index is 2.23. The molecule has 23 heavy (non-hydrogen) atoms. The molecule has 1 aromatic carbocycles. The summed E-state index contributed by atoms with van der Waals surface area (Å²) in [5.41, 5.74) is 0.0854. The quantitative estimate of drug-likeness (QED) is 0.400. The van der Waals surface area contributed by atoms with Gasteiger partial charge in [0.25, 0.3) is 0 Å². The van der Waals surface area contributed by atoms with Crippen LogP contribution >= 0.6 is 22.6 Å². The smallest absolute Gasteiger partial charge is 0.402 e. The molecule has 1 unspecified atom stereocenters. The first-order valence-electron chi connectivity index (χ1n) is 7.61. The maximum Gasteiger partial charge on any atom is 0.475 e. The van der Waals surface area contributed by atoms with Crippen LogP contribution in [0.15, 0.2) is 29.2 Å². The molecule has 0 N–H and O–H groups in total. The van der Waals surface area contributed by atoms with E-state index in [0.29, 0.717) is 4.90 Å². The molecular weight excluding hydrogens is 426 g/mol. The Morgan fingerprint density at radius 1 is 1.09 bits per heavy atom. The molecule has 0 aliphatic carbocycles. The van der Waals surface area contributed by atoms with Gasteiger partial charge < -0.3 is 9.31 Å². The molecular formula is C16H24BIO4S. The van der Waals surface area contributed by atoms with Crippen molar-refractivity contribution >= 4 is 39.5 Å². The van der Waals surface area contributed by atoms with E-state index < -0.39 is 31.5 Å². The van der Waals surface area contributed by atoms with E-state index in [1.165, 1.54) is 0 Å². The van der Waals surface area contributed by atoms with Crippen LogP contribution in [-0.2, 0) is 19.1 Å². The predicted molar refractivity (Wildman–Crippen MR) is 102 cm³/mol.